The smallest absolute Gasteiger partial charge is 0.317 e. The van der Waals surface area contributed by atoms with Crippen LogP contribution >= 0.6 is 0 Å². The topological polar surface area (TPSA) is 93.1 Å². The Balaban J connectivity index is 4.34. The van der Waals surface area contributed by atoms with Crippen molar-refractivity contribution >= 4 is 12.0 Å². The van der Waals surface area contributed by atoms with Crippen molar-refractivity contribution in [3.63, 3.8) is 0 Å². The number of aliphatic hydroxyl groups is 1. The molecule has 2 amide bonds. The largest absolute Gasteiger partial charge is 0.481 e. The molecule has 0 aliphatic rings. The van der Waals surface area contributed by atoms with E-state index in [4.69, 9.17) is 5.11 Å². The van der Waals surface area contributed by atoms with E-state index < -0.39 is 18.0 Å². The normalized spacial score (nSPS) is 13.9. The Morgan fingerprint density at radius 2 is 1.80 bits per heavy atom. The number of urea groups is 1. The summed E-state index contributed by atoms with van der Waals surface area (Å²) in [6.45, 7) is 5.26. The zero-order chi connectivity index (χ0) is 15.8. The van der Waals surface area contributed by atoms with E-state index in [1.165, 1.54) is 6.92 Å². The second-order valence-corrected chi connectivity index (χ2v) is 5.52. The van der Waals surface area contributed by atoms with Crippen LogP contribution in [0.25, 0.3) is 0 Å². The van der Waals surface area contributed by atoms with Gasteiger partial charge in [-0.15, -0.1) is 0 Å². The zero-order valence-electron chi connectivity index (χ0n) is 12.8. The first kappa shape index (κ1) is 18.7. The number of rotatable bonds is 9. The van der Waals surface area contributed by atoms with E-state index in [0.717, 1.165) is 13.0 Å². The van der Waals surface area contributed by atoms with E-state index in [0.29, 0.717) is 13.1 Å². The SMILES string of the molecule is CCCN(CCN(C)C)C(=O)NCC(C)(O)CC(=O)O. The van der Waals surface area contributed by atoms with E-state index in [1.54, 1.807) is 4.90 Å². The second-order valence-electron chi connectivity index (χ2n) is 5.52. The number of likely N-dealkylation sites (N-methyl/N-ethyl adjacent to an activating group) is 1. The molecule has 7 heteroatoms. The Bertz CT molecular complexity index is 319. The molecule has 0 aliphatic carbocycles. The van der Waals surface area contributed by atoms with Crippen molar-refractivity contribution in [2.45, 2.75) is 32.3 Å². The Kier molecular flexibility index (Phi) is 8.17. The van der Waals surface area contributed by atoms with Gasteiger partial charge in [0.15, 0.2) is 0 Å². The molecule has 118 valence electrons. The average molecular weight is 289 g/mol. The lowest BCUT2D eigenvalue weighted by molar-refractivity contribution is -0.141. The number of amides is 2. The highest BCUT2D eigenvalue weighted by Crippen LogP contribution is 2.07. The van der Waals surface area contributed by atoms with Gasteiger partial charge in [-0.1, -0.05) is 6.92 Å². The van der Waals surface area contributed by atoms with Gasteiger partial charge in [-0.2, -0.15) is 0 Å². The number of carboxylic acids is 1. The lowest BCUT2D eigenvalue weighted by Crippen LogP contribution is -2.48. The van der Waals surface area contributed by atoms with Crippen molar-refractivity contribution in [2.24, 2.45) is 0 Å². The summed E-state index contributed by atoms with van der Waals surface area (Å²) in [6.07, 6.45) is 0.436. The summed E-state index contributed by atoms with van der Waals surface area (Å²) in [7, 11) is 3.86. The molecule has 0 radical (unpaired) electrons. The van der Waals surface area contributed by atoms with Gasteiger partial charge in [0.05, 0.1) is 12.0 Å². The summed E-state index contributed by atoms with van der Waals surface area (Å²) in [5, 5.41) is 21.1. The molecule has 0 saturated carbocycles. The number of carboxylic acid groups (broad SMARTS) is 1. The van der Waals surface area contributed by atoms with Gasteiger partial charge in [0.25, 0.3) is 0 Å². The number of aliphatic carboxylic acids is 1. The summed E-state index contributed by atoms with van der Waals surface area (Å²) in [5.41, 5.74) is -1.44. The van der Waals surface area contributed by atoms with Gasteiger partial charge in [-0.3, -0.25) is 4.79 Å². The maximum Gasteiger partial charge on any atom is 0.317 e. The molecule has 0 saturated heterocycles. The molecule has 0 bridgehead atoms. The second kappa shape index (κ2) is 8.76. The highest BCUT2D eigenvalue weighted by Gasteiger charge is 2.25. The van der Waals surface area contributed by atoms with E-state index in [1.807, 2.05) is 25.9 Å². The summed E-state index contributed by atoms with van der Waals surface area (Å²) in [6, 6.07) is -0.278. The molecule has 0 aromatic heterocycles. The van der Waals surface area contributed by atoms with Crippen LogP contribution in [0, 0.1) is 0 Å². The number of carbonyl (C=O) groups is 2. The molecule has 3 N–H and O–H groups in total. The molecule has 0 aliphatic heterocycles. The molecule has 0 rings (SSSR count). The predicted octanol–water partition coefficient (Wildman–Crippen LogP) is 0.195. The van der Waals surface area contributed by atoms with Crippen molar-refractivity contribution < 1.29 is 19.8 Å². The predicted molar refractivity (Wildman–Crippen MR) is 76.7 cm³/mol. The van der Waals surface area contributed by atoms with Crippen LogP contribution in [-0.2, 0) is 4.79 Å². The van der Waals surface area contributed by atoms with Crippen molar-refractivity contribution in [3.05, 3.63) is 0 Å². The van der Waals surface area contributed by atoms with Crippen LogP contribution < -0.4 is 5.32 Å². The maximum absolute atomic E-state index is 12.0. The first-order valence-electron chi connectivity index (χ1n) is 6.79. The third kappa shape index (κ3) is 8.71. The summed E-state index contributed by atoms with van der Waals surface area (Å²) in [5.74, 6) is -1.10. The quantitative estimate of drug-likeness (QED) is 0.563. The van der Waals surface area contributed by atoms with Crippen LogP contribution in [0.5, 0.6) is 0 Å². The highest BCUT2D eigenvalue weighted by molar-refractivity contribution is 5.74. The number of carbonyl (C=O) groups excluding carboxylic acids is 1. The minimum Gasteiger partial charge on any atom is -0.481 e. The van der Waals surface area contributed by atoms with Gasteiger partial charge in [-0.05, 0) is 27.4 Å². The van der Waals surface area contributed by atoms with Gasteiger partial charge in [0.1, 0.15) is 0 Å². The molecular weight excluding hydrogens is 262 g/mol. The molecule has 0 aromatic carbocycles. The molecule has 0 heterocycles. The first-order valence-corrected chi connectivity index (χ1v) is 6.79. The molecule has 7 nitrogen and oxygen atoms in total. The zero-order valence-corrected chi connectivity index (χ0v) is 12.8. The Morgan fingerprint density at radius 3 is 2.25 bits per heavy atom. The van der Waals surface area contributed by atoms with Gasteiger partial charge in [-0.25, -0.2) is 4.79 Å². The van der Waals surface area contributed by atoms with E-state index in [9.17, 15) is 14.7 Å². The standard InChI is InChI=1S/C13H27N3O4/c1-5-6-16(8-7-15(3)4)12(19)14-10-13(2,20)9-11(17)18/h20H,5-10H2,1-4H3,(H,14,19)(H,17,18). The summed E-state index contributed by atoms with van der Waals surface area (Å²) < 4.78 is 0. The van der Waals surface area contributed by atoms with Crippen molar-refractivity contribution in [1.29, 1.82) is 0 Å². The summed E-state index contributed by atoms with van der Waals surface area (Å²) >= 11 is 0. The fourth-order valence-corrected chi connectivity index (χ4v) is 1.67. The highest BCUT2D eigenvalue weighted by atomic mass is 16.4. The lowest BCUT2D eigenvalue weighted by Gasteiger charge is -2.27. The van der Waals surface area contributed by atoms with Crippen LogP contribution in [0.3, 0.4) is 0 Å². The van der Waals surface area contributed by atoms with Crippen LogP contribution in [0.1, 0.15) is 26.7 Å². The monoisotopic (exact) mass is 289 g/mol. The molecule has 1 unspecified atom stereocenters. The Labute approximate surface area is 120 Å². The Morgan fingerprint density at radius 1 is 1.20 bits per heavy atom. The minimum atomic E-state index is -1.44. The molecule has 1 atom stereocenters. The summed E-state index contributed by atoms with van der Waals surface area (Å²) in [4.78, 5) is 26.2. The maximum atomic E-state index is 12.0. The van der Waals surface area contributed by atoms with E-state index in [2.05, 4.69) is 5.32 Å². The number of nitrogens with one attached hydrogen (secondary N) is 1. The Hall–Kier alpha value is -1.34. The van der Waals surface area contributed by atoms with Gasteiger partial charge < -0.3 is 25.3 Å². The average Bonchev–Trinajstić information content (AvgIpc) is 2.29. The van der Waals surface area contributed by atoms with Gasteiger partial charge in [0, 0.05) is 26.2 Å². The number of hydrogen-bond donors (Lipinski definition) is 3. The third-order valence-electron chi connectivity index (χ3n) is 2.75. The van der Waals surface area contributed by atoms with Gasteiger partial charge >= 0.3 is 12.0 Å². The van der Waals surface area contributed by atoms with Crippen molar-refractivity contribution in [2.75, 3.05) is 40.3 Å². The molecule has 20 heavy (non-hydrogen) atoms. The van der Waals surface area contributed by atoms with Crippen LogP contribution in [0.15, 0.2) is 0 Å². The fourth-order valence-electron chi connectivity index (χ4n) is 1.67. The van der Waals surface area contributed by atoms with Crippen molar-refractivity contribution in [3.8, 4) is 0 Å². The molecule has 0 fully saturated rings. The van der Waals surface area contributed by atoms with E-state index >= 15 is 0 Å². The number of hydrogen-bond acceptors (Lipinski definition) is 4. The fraction of sp³-hybridized carbons (Fsp3) is 0.846. The van der Waals surface area contributed by atoms with E-state index in [-0.39, 0.29) is 12.6 Å². The minimum absolute atomic E-state index is 0.0830. The van der Waals surface area contributed by atoms with Crippen LogP contribution in [0.4, 0.5) is 4.79 Å². The van der Waals surface area contributed by atoms with Crippen molar-refractivity contribution in [1.82, 2.24) is 15.1 Å². The molecular formula is C13H27N3O4. The van der Waals surface area contributed by atoms with Crippen LogP contribution in [-0.4, -0.2) is 77.9 Å². The lowest BCUT2D eigenvalue weighted by atomic mass is 10.0. The number of nitrogens with zero attached hydrogens (tertiary/aromatic N) is 2. The molecule has 0 spiro atoms. The molecule has 0 aromatic rings. The first-order chi connectivity index (χ1) is 9.18. The third-order valence-corrected chi connectivity index (χ3v) is 2.75. The van der Waals surface area contributed by atoms with Crippen LogP contribution in [0.2, 0.25) is 0 Å². The van der Waals surface area contributed by atoms with Gasteiger partial charge in [0.2, 0.25) is 0 Å².